The molecule has 0 unspecified atom stereocenters. The number of fused-ring (bicyclic) bond motifs is 5. The summed E-state index contributed by atoms with van der Waals surface area (Å²) in [6.07, 6.45) is 7.71. The molecule has 1 atom stereocenters. The van der Waals surface area contributed by atoms with Crippen molar-refractivity contribution in [2.45, 2.75) is 50.7 Å². The van der Waals surface area contributed by atoms with Crippen molar-refractivity contribution in [2.75, 3.05) is 6.54 Å². The van der Waals surface area contributed by atoms with Gasteiger partial charge in [-0.3, -0.25) is 9.36 Å². The van der Waals surface area contributed by atoms with Crippen LogP contribution in [0, 0.1) is 0 Å². The Labute approximate surface area is 165 Å². The molecule has 2 aromatic rings. The molecule has 27 heavy (non-hydrogen) atoms. The van der Waals surface area contributed by atoms with Gasteiger partial charge in [0, 0.05) is 11.0 Å². The first-order chi connectivity index (χ1) is 13.1. The van der Waals surface area contributed by atoms with Crippen molar-refractivity contribution in [2.24, 2.45) is 0 Å². The number of halogens is 1. The minimum Gasteiger partial charge on any atom is -0.458 e. The number of amides is 1. The molecule has 1 saturated carbocycles. The maximum Gasteiger partial charge on any atom is 0.359 e. The number of rotatable bonds is 2. The third kappa shape index (κ3) is 2.63. The predicted molar refractivity (Wildman–Crippen MR) is 102 cm³/mol. The smallest absolute Gasteiger partial charge is 0.359 e. The SMILES string of the molecule is O=C(OC1CCCCC1)c1ncn2c1[C@@H]1CCN1C(=O)c1c(Br)cccc1-2. The second-order valence-electron chi connectivity index (χ2n) is 7.45. The lowest BCUT2D eigenvalue weighted by Gasteiger charge is -2.39. The second-order valence-corrected chi connectivity index (χ2v) is 8.31. The average molecular weight is 430 g/mol. The fraction of sp³-hybridized carbons (Fsp3) is 0.450. The molecule has 1 saturated heterocycles. The highest BCUT2D eigenvalue weighted by Gasteiger charge is 2.43. The Morgan fingerprint density at radius 2 is 2.00 bits per heavy atom. The molecule has 7 heteroatoms. The summed E-state index contributed by atoms with van der Waals surface area (Å²) >= 11 is 3.51. The van der Waals surface area contributed by atoms with E-state index in [9.17, 15) is 9.59 Å². The number of imidazole rings is 1. The summed E-state index contributed by atoms with van der Waals surface area (Å²) in [7, 11) is 0. The van der Waals surface area contributed by atoms with Gasteiger partial charge in [0.05, 0.1) is 23.0 Å². The average Bonchev–Trinajstić information content (AvgIpc) is 3.03. The minimum absolute atomic E-state index is 0.0102. The minimum atomic E-state index is -0.367. The first-order valence-corrected chi connectivity index (χ1v) is 10.3. The van der Waals surface area contributed by atoms with Crippen molar-refractivity contribution in [1.29, 1.82) is 0 Å². The molecule has 0 bridgehead atoms. The number of carbonyl (C=O) groups excluding carboxylic acids is 2. The molecule has 1 aromatic carbocycles. The van der Waals surface area contributed by atoms with Crippen LogP contribution in [-0.4, -0.2) is 39.0 Å². The molecule has 0 spiro atoms. The number of carbonyl (C=O) groups is 2. The van der Waals surface area contributed by atoms with Gasteiger partial charge in [0.15, 0.2) is 5.69 Å². The lowest BCUT2D eigenvalue weighted by molar-refractivity contribution is 0.0192. The van der Waals surface area contributed by atoms with Gasteiger partial charge in [-0.1, -0.05) is 12.5 Å². The van der Waals surface area contributed by atoms with E-state index < -0.39 is 0 Å². The number of hydrogen-bond donors (Lipinski definition) is 0. The number of ether oxygens (including phenoxy) is 1. The van der Waals surface area contributed by atoms with Crippen LogP contribution in [0.2, 0.25) is 0 Å². The molecule has 2 aliphatic heterocycles. The molecule has 6 nitrogen and oxygen atoms in total. The molecular weight excluding hydrogens is 410 g/mol. The van der Waals surface area contributed by atoms with Gasteiger partial charge in [-0.25, -0.2) is 9.78 Å². The van der Waals surface area contributed by atoms with Crippen molar-refractivity contribution < 1.29 is 14.3 Å². The van der Waals surface area contributed by atoms with Gasteiger partial charge in [-0.05, 0) is 60.2 Å². The molecule has 3 aliphatic rings. The summed E-state index contributed by atoms with van der Waals surface area (Å²) in [6, 6.07) is 5.52. The highest BCUT2D eigenvalue weighted by atomic mass is 79.9. The Balaban J connectivity index is 1.57. The van der Waals surface area contributed by atoms with E-state index in [0.29, 0.717) is 17.8 Å². The Morgan fingerprint density at radius 3 is 2.74 bits per heavy atom. The molecule has 1 aliphatic carbocycles. The van der Waals surface area contributed by atoms with Crippen LogP contribution < -0.4 is 0 Å². The van der Waals surface area contributed by atoms with E-state index in [1.807, 2.05) is 27.7 Å². The monoisotopic (exact) mass is 429 g/mol. The van der Waals surface area contributed by atoms with Crippen molar-refractivity contribution in [3.05, 3.63) is 46.0 Å². The van der Waals surface area contributed by atoms with Crippen LogP contribution in [0.15, 0.2) is 29.0 Å². The molecule has 2 fully saturated rings. The fourth-order valence-electron chi connectivity index (χ4n) is 4.40. The van der Waals surface area contributed by atoms with Crippen LogP contribution in [0.25, 0.3) is 5.69 Å². The first-order valence-electron chi connectivity index (χ1n) is 9.53. The van der Waals surface area contributed by atoms with Crippen LogP contribution in [-0.2, 0) is 4.74 Å². The van der Waals surface area contributed by atoms with E-state index in [1.165, 1.54) is 6.42 Å². The molecule has 3 heterocycles. The van der Waals surface area contributed by atoms with Crippen molar-refractivity contribution in [1.82, 2.24) is 14.5 Å². The molecule has 140 valence electrons. The maximum absolute atomic E-state index is 13.0. The zero-order valence-electron chi connectivity index (χ0n) is 14.9. The molecule has 5 rings (SSSR count). The van der Waals surface area contributed by atoms with Gasteiger partial charge in [-0.2, -0.15) is 0 Å². The third-order valence-corrected chi connectivity index (χ3v) is 6.55. The van der Waals surface area contributed by atoms with Gasteiger partial charge < -0.3 is 9.64 Å². The zero-order chi connectivity index (χ0) is 18.5. The van der Waals surface area contributed by atoms with Gasteiger partial charge in [0.25, 0.3) is 5.91 Å². The quantitative estimate of drug-likeness (QED) is 0.676. The number of hydrogen-bond acceptors (Lipinski definition) is 4. The van der Waals surface area contributed by atoms with Crippen LogP contribution >= 0.6 is 15.9 Å². The first kappa shape index (κ1) is 17.0. The second kappa shape index (κ2) is 6.48. The lowest BCUT2D eigenvalue weighted by Crippen LogP contribution is -2.45. The molecule has 1 amide bonds. The maximum atomic E-state index is 13.0. The molecular formula is C20H20BrN3O3. The van der Waals surface area contributed by atoms with E-state index in [0.717, 1.165) is 48.0 Å². The van der Waals surface area contributed by atoms with Crippen LogP contribution in [0.1, 0.15) is 71.1 Å². The van der Waals surface area contributed by atoms with Gasteiger partial charge >= 0.3 is 5.97 Å². The van der Waals surface area contributed by atoms with Gasteiger partial charge in [-0.15, -0.1) is 0 Å². The van der Waals surface area contributed by atoms with Crippen molar-refractivity contribution in [3.8, 4) is 5.69 Å². The van der Waals surface area contributed by atoms with Crippen LogP contribution in [0.5, 0.6) is 0 Å². The van der Waals surface area contributed by atoms with E-state index in [-0.39, 0.29) is 24.0 Å². The fourth-order valence-corrected chi connectivity index (χ4v) is 4.92. The number of aromatic nitrogens is 2. The van der Waals surface area contributed by atoms with E-state index >= 15 is 0 Å². The van der Waals surface area contributed by atoms with E-state index in [1.54, 1.807) is 6.33 Å². The highest BCUT2D eigenvalue weighted by molar-refractivity contribution is 9.10. The Kier molecular flexibility index (Phi) is 4.07. The Morgan fingerprint density at radius 1 is 1.19 bits per heavy atom. The normalized spacial score (nSPS) is 21.6. The molecule has 1 aromatic heterocycles. The number of nitrogens with zero attached hydrogens (tertiary/aromatic N) is 3. The van der Waals surface area contributed by atoms with E-state index in [2.05, 4.69) is 20.9 Å². The number of benzene rings is 1. The molecule has 0 radical (unpaired) electrons. The lowest BCUT2D eigenvalue weighted by atomic mass is 9.97. The van der Waals surface area contributed by atoms with E-state index in [4.69, 9.17) is 4.74 Å². The standard InChI is InChI=1S/C20H20BrN3O3/c21-13-7-4-8-14-16(13)19(25)23-10-9-15(23)18-17(22-11-24(14)18)20(26)27-12-5-2-1-3-6-12/h4,7-8,11-12,15H,1-3,5-6,9-10H2/t15-/m0/s1. The summed E-state index contributed by atoms with van der Waals surface area (Å²) in [5.74, 6) is -0.377. The van der Waals surface area contributed by atoms with Crippen LogP contribution in [0.4, 0.5) is 0 Å². The van der Waals surface area contributed by atoms with Crippen LogP contribution in [0.3, 0.4) is 0 Å². The third-order valence-electron chi connectivity index (χ3n) is 5.88. The Hall–Kier alpha value is -2.15. The molecule has 0 N–H and O–H groups in total. The van der Waals surface area contributed by atoms with Crippen molar-refractivity contribution >= 4 is 27.8 Å². The summed E-state index contributed by atoms with van der Waals surface area (Å²) in [4.78, 5) is 32.1. The summed E-state index contributed by atoms with van der Waals surface area (Å²) in [5, 5.41) is 0. The number of esters is 1. The van der Waals surface area contributed by atoms with Gasteiger partial charge in [0.1, 0.15) is 12.4 Å². The zero-order valence-corrected chi connectivity index (χ0v) is 16.4. The Bertz CT molecular complexity index is 933. The summed E-state index contributed by atoms with van der Waals surface area (Å²) in [6.45, 7) is 0.687. The highest BCUT2D eigenvalue weighted by Crippen LogP contribution is 2.42. The largest absolute Gasteiger partial charge is 0.458 e. The topological polar surface area (TPSA) is 64.4 Å². The van der Waals surface area contributed by atoms with Crippen molar-refractivity contribution in [3.63, 3.8) is 0 Å². The summed E-state index contributed by atoms with van der Waals surface area (Å²) < 4.78 is 8.40. The van der Waals surface area contributed by atoms with Gasteiger partial charge in [0.2, 0.25) is 0 Å². The summed E-state index contributed by atoms with van der Waals surface area (Å²) in [5.41, 5.74) is 2.48. The predicted octanol–water partition coefficient (Wildman–Crippen LogP) is 4.02.